The van der Waals surface area contributed by atoms with Gasteiger partial charge in [-0.3, -0.25) is 4.90 Å². The van der Waals surface area contributed by atoms with E-state index in [1.807, 2.05) is 6.20 Å². The van der Waals surface area contributed by atoms with Gasteiger partial charge in [-0.15, -0.1) is 11.3 Å². The molecule has 1 unspecified atom stereocenters. The molecule has 0 saturated heterocycles. The van der Waals surface area contributed by atoms with Crippen LogP contribution in [0.2, 0.25) is 0 Å². The van der Waals surface area contributed by atoms with Crippen molar-refractivity contribution in [3.05, 3.63) is 38.5 Å². The quantitative estimate of drug-likeness (QED) is 0.516. The maximum Gasteiger partial charge on any atom is 0.191 e. The summed E-state index contributed by atoms with van der Waals surface area (Å²) in [6.45, 7) is 12.9. The Morgan fingerprint density at radius 3 is 2.64 bits per heavy atom. The van der Waals surface area contributed by atoms with Crippen molar-refractivity contribution in [2.45, 2.75) is 40.3 Å². The Labute approximate surface area is 159 Å². The molecule has 0 aliphatic rings. The van der Waals surface area contributed by atoms with Crippen LogP contribution in [-0.2, 0) is 6.54 Å². The Kier molecular flexibility index (Phi) is 8.37. The number of thiazole rings is 1. The maximum absolute atomic E-state index is 4.69. The van der Waals surface area contributed by atoms with Crippen LogP contribution in [0.4, 0.5) is 0 Å². The molecule has 2 rings (SSSR count). The first-order valence-electron chi connectivity index (χ1n) is 8.87. The van der Waals surface area contributed by atoms with Crippen molar-refractivity contribution < 1.29 is 0 Å². The molecule has 0 spiro atoms. The number of aliphatic imine (C=N–C) groups is 1. The minimum atomic E-state index is 0.354. The van der Waals surface area contributed by atoms with Crippen LogP contribution in [0.3, 0.4) is 0 Å². The van der Waals surface area contributed by atoms with Crippen LogP contribution >= 0.6 is 22.7 Å². The molecule has 5 nitrogen and oxygen atoms in total. The zero-order valence-electron chi connectivity index (χ0n) is 15.6. The minimum absolute atomic E-state index is 0.354. The zero-order valence-corrected chi connectivity index (χ0v) is 17.2. The maximum atomic E-state index is 4.69. The van der Waals surface area contributed by atoms with Gasteiger partial charge in [-0.05, 0) is 49.3 Å². The highest BCUT2D eigenvalue weighted by molar-refractivity contribution is 7.11. The van der Waals surface area contributed by atoms with E-state index < -0.39 is 0 Å². The molecule has 25 heavy (non-hydrogen) atoms. The Balaban J connectivity index is 2.03. The van der Waals surface area contributed by atoms with Gasteiger partial charge in [0.25, 0.3) is 0 Å². The third-order valence-electron chi connectivity index (χ3n) is 4.03. The molecule has 0 amide bonds. The predicted octanol–water partition coefficient (Wildman–Crippen LogP) is 3.65. The molecule has 1 atom stereocenters. The van der Waals surface area contributed by atoms with E-state index in [0.29, 0.717) is 12.6 Å². The number of aryl methyl sites for hydroxylation is 1. The third kappa shape index (κ3) is 6.09. The Morgan fingerprint density at radius 2 is 2.08 bits per heavy atom. The normalized spacial score (nSPS) is 13.2. The van der Waals surface area contributed by atoms with Crippen molar-refractivity contribution in [2.75, 3.05) is 26.2 Å². The van der Waals surface area contributed by atoms with E-state index in [1.54, 1.807) is 22.7 Å². The Bertz CT molecular complexity index is 632. The van der Waals surface area contributed by atoms with Crippen LogP contribution in [0.5, 0.6) is 0 Å². The summed E-state index contributed by atoms with van der Waals surface area (Å²) in [7, 11) is 0. The summed E-state index contributed by atoms with van der Waals surface area (Å²) < 4.78 is 0. The van der Waals surface area contributed by atoms with Gasteiger partial charge >= 0.3 is 0 Å². The number of nitrogens with one attached hydrogen (secondary N) is 2. The number of likely N-dealkylation sites (N-methyl/N-ethyl adjacent to an activating group) is 1. The smallest absolute Gasteiger partial charge is 0.191 e. The second-order valence-electron chi connectivity index (χ2n) is 5.73. The molecule has 2 aromatic heterocycles. The van der Waals surface area contributed by atoms with Gasteiger partial charge in [0, 0.05) is 24.2 Å². The van der Waals surface area contributed by atoms with Gasteiger partial charge < -0.3 is 10.6 Å². The van der Waals surface area contributed by atoms with Crippen LogP contribution in [0.1, 0.15) is 42.3 Å². The summed E-state index contributed by atoms with van der Waals surface area (Å²) in [4.78, 5) is 12.8. The summed E-state index contributed by atoms with van der Waals surface area (Å²) in [5.41, 5.74) is 1.37. The highest BCUT2D eigenvalue weighted by Crippen LogP contribution is 2.22. The van der Waals surface area contributed by atoms with Crippen molar-refractivity contribution in [3.63, 3.8) is 0 Å². The highest BCUT2D eigenvalue weighted by Gasteiger charge is 2.18. The second-order valence-corrected chi connectivity index (χ2v) is 7.83. The van der Waals surface area contributed by atoms with Crippen LogP contribution < -0.4 is 10.6 Å². The molecule has 7 heteroatoms. The molecule has 0 saturated carbocycles. The summed E-state index contributed by atoms with van der Waals surface area (Å²) in [6.07, 6.45) is 1.91. The summed E-state index contributed by atoms with van der Waals surface area (Å²) in [5.74, 6) is 0.850. The van der Waals surface area contributed by atoms with Gasteiger partial charge in [0.2, 0.25) is 0 Å². The highest BCUT2D eigenvalue weighted by atomic mass is 32.1. The summed E-state index contributed by atoms with van der Waals surface area (Å²) >= 11 is 3.46. The topological polar surface area (TPSA) is 52.6 Å². The lowest BCUT2D eigenvalue weighted by Crippen LogP contribution is -2.43. The van der Waals surface area contributed by atoms with Crippen molar-refractivity contribution in [3.8, 4) is 0 Å². The number of thiophene rings is 1. The summed E-state index contributed by atoms with van der Waals surface area (Å²) in [6, 6.07) is 2.57. The van der Waals surface area contributed by atoms with Gasteiger partial charge in [-0.25, -0.2) is 9.98 Å². The Hall–Kier alpha value is -1.44. The van der Waals surface area contributed by atoms with Gasteiger partial charge in [0.05, 0.1) is 12.6 Å². The van der Waals surface area contributed by atoms with Gasteiger partial charge in [0.1, 0.15) is 5.01 Å². The first-order valence-corrected chi connectivity index (χ1v) is 10.6. The van der Waals surface area contributed by atoms with Gasteiger partial charge in [0.15, 0.2) is 5.96 Å². The van der Waals surface area contributed by atoms with Gasteiger partial charge in [-0.1, -0.05) is 13.8 Å². The average Bonchev–Trinajstić information content (AvgIpc) is 3.28. The number of hydrogen-bond donors (Lipinski definition) is 2. The molecular weight excluding hydrogens is 350 g/mol. The molecule has 0 bridgehead atoms. The van der Waals surface area contributed by atoms with E-state index in [4.69, 9.17) is 0 Å². The molecule has 2 aromatic rings. The number of aromatic nitrogens is 1. The minimum Gasteiger partial charge on any atom is -0.357 e. The van der Waals surface area contributed by atoms with Crippen LogP contribution in [-0.4, -0.2) is 42.0 Å². The fraction of sp³-hybridized carbons (Fsp3) is 0.556. The van der Waals surface area contributed by atoms with E-state index >= 15 is 0 Å². The van der Waals surface area contributed by atoms with Crippen LogP contribution in [0.15, 0.2) is 28.0 Å². The Morgan fingerprint density at radius 1 is 1.28 bits per heavy atom. The molecular formula is C18H29N5S2. The van der Waals surface area contributed by atoms with E-state index in [2.05, 4.69) is 70.0 Å². The third-order valence-corrected chi connectivity index (χ3v) is 5.63. The van der Waals surface area contributed by atoms with Gasteiger partial charge in [-0.2, -0.15) is 11.3 Å². The van der Waals surface area contributed by atoms with E-state index in [9.17, 15) is 0 Å². The fourth-order valence-corrected chi connectivity index (χ4v) is 4.16. The van der Waals surface area contributed by atoms with Crippen molar-refractivity contribution in [2.24, 2.45) is 4.99 Å². The van der Waals surface area contributed by atoms with E-state index in [0.717, 1.165) is 37.1 Å². The van der Waals surface area contributed by atoms with E-state index in [1.165, 1.54) is 10.4 Å². The number of rotatable bonds is 9. The number of guanidine groups is 1. The second kappa shape index (κ2) is 10.5. The predicted molar refractivity (Wildman–Crippen MR) is 110 cm³/mol. The summed E-state index contributed by atoms with van der Waals surface area (Å²) in [5, 5.41) is 12.3. The van der Waals surface area contributed by atoms with E-state index in [-0.39, 0.29) is 0 Å². The largest absolute Gasteiger partial charge is 0.357 e. The first kappa shape index (κ1) is 19.9. The molecule has 0 aliphatic heterocycles. The molecule has 0 aliphatic carbocycles. The lowest BCUT2D eigenvalue weighted by Gasteiger charge is -2.30. The number of nitrogens with zero attached hydrogens (tertiary/aromatic N) is 3. The molecule has 0 aromatic carbocycles. The van der Waals surface area contributed by atoms with Crippen molar-refractivity contribution >= 4 is 28.6 Å². The van der Waals surface area contributed by atoms with Crippen LogP contribution in [0, 0.1) is 6.92 Å². The SMILES string of the molecule is CCNC(=NCc1ncc(C)s1)NCC(c1ccsc1)N(CC)CC. The first-order chi connectivity index (χ1) is 12.2. The molecule has 2 N–H and O–H groups in total. The number of hydrogen-bond acceptors (Lipinski definition) is 5. The zero-order chi connectivity index (χ0) is 18.1. The molecule has 0 radical (unpaired) electrons. The molecule has 2 heterocycles. The monoisotopic (exact) mass is 379 g/mol. The van der Waals surface area contributed by atoms with Crippen LogP contribution in [0.25, 0.3) is 0 Å². The average molecular weight is 380 g/mol. The van der Waals surface area contributed by atoms with Crippen molar-refractivity contribution in [1.82, 2.24) is 20.5 Å². The standard InChI is InChI=1S/C18H29N5S2/c1-5-19-18(22-12-17-20-10-14(4)25-17)21-11-16(23(6-2)7-3)15-8-9-24-13-15/h8-10,13,16H,5-7,11-12H2,1-4H3,(H2,19,21,22). The molecule has 0 fully saturated rings. The lowest BCUT2D eigenvalue weighted by molar-refractivity contribution is 0.219. The van der Waals surface area contributed by atoms with Crippen molar-refractivity contribution in [1.29, 1.82) is 0 Å². The lowest BCUT2D eigenvalue weighted by atomic mass is 10.1. The fourth-order valence-electron chi connectivity index (χ4n) is 2.74. The molecule has 138 valence electrons.